The van der Waals surface area contributed by atoms with Crippen molar-refractivity contribution in [3.05, 3.63) is 29.8 Å². The summed E-state index contributed by atoms with van der Waals surface area (Å²) in [5.74, 6) is 0. The van der Waals surface area contributed by atoms with Crippen LogP contribution in [-0.2, 0) is 0 Å². The van der Waals surface area contributed by atoms with Gasteiger partial charge in [-0.05, 0) is 31.0 Å². The van der Waals surface area contributed by atoms with Crippen LogP contribution in [-0.4, -0.2) is 18.7 Å². The van der Waals surface area contributed by atoms with Crippen molar-refractivity contribution in [2.45, 2.75) is 45.2 Å². The maximum atomic E-state index is 4.60. The van der Waals surface area contributed by atoms with Gasteiger partial charge in [-0.3, -0.25) is 4.99 Å². The molecule has 0 spiro atoms. The van der Waals surface area contributed by atoms with Crippen molar-refractivity contribution >= 4 is 30.3 Å². The SMILES string of the molecule is CCC(C=Nc1cccc(C)c1)S[Si](C)(C)C. The molecule has 0 saturated heterocycles. The van der Waals surface area contributed by atoms with Gasteiger partial charge < -0.3 is 0 Å². The third-order valence-corrected chi connectivity index (χ3v) is 6.79. The highest BCUT2D eigenvalue weighted by atomic mass is 32.4. The van der Waals surface area contributed by atoms with E-state index >= 15 is 0 Å². The van der Waals surface area contributed by atoms with Gasteiger partial charge in [-0.25, -0.2) is 0 Å². The van der Waals surface area contributed by atoms with Crippen molar-refractivity contribution in [1.82, 2.24) is 0 Å². The number of aryl methyl sites for hydroxylation is 1. The molecule has 1 unspecified atom stereocenters. The second kappa shape index (κ2) is 6.41. The highest BCUT2D eigenvalue weighted by Crippen LogP contribution is 2.26. The number of benzene rings is 1. The van der Waals surface area contributed by atoms with E-state index in [1.165, 1.54) is 5.56 Å². The molecule has 1 aromatic rings. The zero-order valence-corrected chi connectivity index (χ0v) is 13.3. The first-order valence-corrected chi connectivity index (χ1v) is 11.3. The van der Waals surface area contributed by atoms with Crippen LogP contribution in [0.15, 0.2) is 29.3 Å². The Morgan fingerprint density at radius 3 is 2.59 bits per heavy atom. The van der Waals surface area contributed by atoms with Crippen LogP contribution in [0.1, 0.15) is 18.9 Å². The highest BCUT2D eigenvalue weighted by Gasteiger charge is 2.18. The molecule has 0 N–H and O–H groups in total. The summed E-state index contributed by atoms with van der Waals surface area (Å²) >= 11 is 2.11. The van der Waals surface area contributed by atoms with Crippen LogP contribution in [0.2, 0.25) is 19.6 Å². The average Bonchev–Trinajstić information content (AvgIpc) is 2.23. The Morgan fingerprint density at radius 2 is 2.06 bits per heavy atom. The number of hydrogen-bond acceptors (Lipinski definition) is 2. The summed E-state index contributed by atoms with van der Waals surface area (Å²) in [6, 6.07) is 8.36. The zero-order valence-electron chi connectivity index (χ0n) is 11.5. The lowest BCUT2D eigenvalue weighted by atomic mass is 10.2. The maximum Gasteiger partial charge on any atom is 0.109 e. The largest absolute Gasteiger partial charge is 0.260 e. The van der Waals surface area contributed by atoms with Crippen LogP contribution >= 0.6 is 11.2 Å². The van der Waals surface area contributed by atoms with E-state index in [-0.39, 0.29) is 0 Å². The van der Waals surface area contributed by atoms with E-state index in [1.807, 2.05) is 0 Å². The predicted molar refractivity (Wildman–Crippen MR) is 84.3 cm³/mol. The van der Waals surface area contributed by atoms with Gasteiger partial charge in [0.25, 0.3) is 0 Å². The minimum Gasteiger partial charge on any atom is -0.260 e. The second-order valence-electron chi connectivity index (χ2n) is 5.29. The molecule has 0 aromatic heterocycles. The van der Waals surface area contributed by atoms with Crippen LogP contribution in [0.5, 0.6) is 0 Å². The average molecular weight is 265 g/mol. The van der Waals surface area contributed by atoms with Crippen molar-refractivity contribution in [3.63, 3.8) is 0 Å². The Labute approximate surface area is 110 Å². The topological polar surface area (TPSA) is 12.4 Å². The Hall–Kier alpha value is -0.543. The summed E-state index contributed by atoms with van der Waals surface area (Å²) in [7, 11) is -1.06. The molecule has 0 aliphatic rings. The standard InChI is InChI=1S/C14H23NSSi/c1-6-14(16-17(3,4)5)11-15-13-9-7-8-12(2)10-13/h7-11,14H,6H2,1-5H3. The first-order valence-electron chi connectivity index (χ1n) is 6.19. The normalized spacial score (nSPS) is 14.2. The van der Waals surface area contributed by atoms with Gasteiger partial charge in [0.2, 0.25) is 0 Å². The summed E-state index contributed by atoms with van der Waals surface area (Å²) < 4.78 is 0. The number of aliphatic imine (C=N–C) groups is 1. The van der Waals surface area contributed by atoms with Crippen molar-refractivity contribution in [1.29, 1.82) is 0 Å². The molecule has 1 nitrogen and oxygen atoms in total. The smallest absolute Gasteiger partial charge is 0.109 e. The molecule has 3 heteroatoms. The quantitative estimate of drug-likeness (QED) is 0.536. The lowest BCUT2D eigenvalue weighted by Crippen LogP contribution is -2.20. The lowest BCUT2D eigenvalue weighted by Gasteiger charge is -2.20. The van der Waals surface area contributed by atoms with E-state index in [4.69, 9.17) is 0 Å². The fraction of sp³-hybridized carbons (Fsp3) is 0.500. The monoisotopic (exact) mass is 265 g/mol. The molecule has 1 atom stereocenters. The van der Waals surface area contributed by atoms with E-state index in [9.17, 15) is 0 Å². The van der Waals surface area contributed by atoms with Crippen LogP contribution in [0.4, 0.5) is 5.69 Å². The molecular weight excluding hydrogens is 242 g/mol. The van der Waals surface area contributed by atoms with Gasteiger partial charge in [-0.2, -0.15) is 11.2 Å². The van der Waals surface area contributed by atoms with Gasteiger partial charge in [-0.1, -0.05) is 38.7 Å². The molecule has 0 amide bonds. The summed E-state index contributed by atoms with van der Waals surface area (Å²) in [6.07, 6.45) is 3.28. The summed E-state index contributed by atoms with van der Waals surface area (Å²) in [5.41, 5.74) is 2.34. The third-order valence-electron chi connectivity index (χ3n) is 2.30. The number of nitrogens with zero attached hydrogens (tertiary/aromatic N) is 1. The maximum absolute atomic E-state index is 4.60. The summed E-state index contributed by atoms with van der Waals surface area (Å²) in [4.78, 5) is 4.60. The van der Waals surface area contributed by atoms with Crippen LogP contribution in [0, 0.1) is 6.92 Å². The molecule has 1 rings (SSSR count). The minimum atomic E-state index is -1.06. The molecular formula is C14H23NSSi. The molecule has 0 radical (unpaired) electrons. The molecule has 1 aromatic carbocycles. The molecule has 0 bridgehead atoms. The Bertz CT molecular complexity index is 382. The Balaban J connectivity index is 2.68. The molecule has 0 fully saturated rings. The first kappa shape index (κ1) is 14.5. The van der Waals surface area contributed by atoms with Crippen molar-refractivity contribution in [2.75, 3.05) is 0 Å². The van der Waals surface area contributed by atoms with Gasteiger partial charge in [0.1, 0.15) is 7.22 Å². The zero-order chi connectivity index (χ0) is 12.9. The molecule has 0 aliphatic carbocycles. The fourth-order valence-corrected chi connectivity index (χ4v) is 6.15. The van der Waals surface area contributed by atoms with Crippen LogP contribution in [0.25, 0.3) is 0 Å². The highest BCUT2D eigenvalue weighted by molar-refractivity contribution is 8.29. The van der Waals surface area contributed by atoms with Crippen LogP contribution < -0.4 is 0 Å². The number of rotatable bonds is 5. The first-order chi connectivity index (χ1) is 7.90. The Kier molecular flexibility index (Phi) is 5.47. The van der Waals surface area contributed by atoms with E-state index < -0.39 is 7.22 Å². The molecule has 0 saturated carbocycles. The molecule has 0 aliphatic heterocycles. The van der Waals surface area contributed by atoms with Crippen molar-refractivity contribution in [3.8, 4) is 0 Å². The third kappa shape index (κ3) is 6.08. The van der Waals surface area contributed by atoms with Gasteiger partial charge in [0, 0.05) is 11.5 Å². The summed E-state index contributed by atoms with van der Waals surface area (Å²) in [6.45, 7) is 11.5. The van der Waals surface area contributed by atoms with Gasteiger partial charge >= 0.3 is 0 Å². The minimum absolute atomic E-state index is 0.558. The lowest BCUT2D eigenvalue weighted by molar-refractivity contribution is 1.03. The predicted octanol–water partition coefficient (Wildman–Crippen LogP) is 5.04. The fourth-order valence-electron chi connectivity index (χ4n) is 1.55. The van der Waals surface area contributed by atoms with E-state index in [1.54, 1.807) is 0 Å². The van der Waals surface area contributed by atoms with Crippen molar-refractivity contribution < 1.29 is 0 Å². The molecule has 0 heterocycles. The summed E-state index contributed by atoms with van der Waals surface area (Å²) in [5, 5.41) is 0.558. The van der Waals surface area contributed by atoms with Crippen molar-refractivity contribution in [2.24, 2.45) is 4.99 Å². The van der Waals surface area contributed by atoms with Crippen LogP contribution in [0.3, 0.4) is 0 Å². The van der Waals surface area contributed by atoms with E-state index in [2.05, 4.69) is 80.2 Å². The number of hydrogen-bond donors (Lipinski definition) is 0. The molecule has 94 valence electrons. The molecule has 17 heavy (non-hydrogen) atoms. The Morgan fingerprint density at radius 1 is 1.35 bits per heavy atom. The second-order valence-corrected chi connectivity index (χ2v) is 14.7. The van der Waals surface area contributed by atoms with Gasteiger partial charge in [0.05, 0.1) is 5.69 Å². The van der Waals surface area contributed by atoms with Gasteiger partial charge in [0.15, 0.2) is 0 Å². The van der Waals surface area contributed by atoms with E-state index in [0.29, 0.717) is 5.25 Å². The van der Waals surface area contributed by atoms with E-state index in [0.717, 1.165) is 12.1 Å². The van der Waals surface area contributed by atoms with Gasteiger partial charge in [-0.15, -0.1) is 0 Å².